The predicted octanol–water partition coefficient (Wildman–Crippen LogP) is 5.19. The van der Waals surface area contributed by atoms with Gasteiger partial charge in [0.1, 0.15) is 24.5 Å². The van der Waals surface area contributed by atoms with Gasteiger partial charge in [0.05, 0.1) is 139 Å². The maximum atomic E-state index is 11.9. The molecular weight excluding hydrogens is 785 g/mol. The van der Waals surface area contributed by atoms with Gasteiger partial charge in [-0.15, -0.1) is 0 Å². The van der Waals surface area contributed by atoms with Gasteiger partial charge in [-0.1, -0.05) is 12.1 Å². The molecule has 3 aromatic rings. The number of alkyl halides is 3. The van der Waals surface area contributed by atoms with Gasteiger partial charge < -0.3 is 66.2 Å². The smallest absolute Gasteiger partial charge is 0.411 e. The zero-order valence-electron chi connectivity index (χ0n) is 34.3. The molecule has 59 heavy (non-hydrogen) atoms. The van der Waals surface area contributed by atoms with E-state index in [1.54, 1.807) is 0 Å². The average Bonchev–Trinajstić information content (AvgIpc) is 3.63. The van der Waals surface area contributed by atoms with Crippen LogP contribution in [0.4, 0.5) is 18.9 Å². The quantitative estimate of drug-likeness (QED) is 0.0699. The van der Waals surface area contributed by atoms with Gasteiger partial charge in [0.2, 0.25) is 5.89 Å². The Morgan fingerprint density at radius 2 is 0.898 bits per heavy atom. The van der Waals surface area contributed by atoms with Crippen LogP contribution in [-0.2, 0) is 52.1 Å². The van der Waals surface area contributed by atoms with Crippen LogP contribution in [0.1, 0.15) is 11.5 Å². The molecule has 0 aliphatic carbocycles. The summed E-state index contributed by atoms with van der Waals surface area (Å²) < 4.78 is 106. The summed E-state index contributed by atoms with van der Waals surface area (Å²) in [5, 5.41) is 0. The molecule has 0 saturated carbocycles. The van der Waals surface area contributed by atoms with Gasteiger partial charge in [0, 0.05) is 31.9 Å². The van der Waals surface area contributed by atoms with Crippen LogP contribution < -0.4 is 9.64 Å². The van der Waals surface area contributed by atoms with E-state index in [2.05, 4.69) is 38.9 Å². The van der Waals surface area contributed by atoms with Crippen LogP contribution in [0.2, 0.25) is 0 Å². The summed E-state index contributed by atoms with van der Waals surface area (Å²) in [6, 6.07) is 13.8. The molecule has 0 N–H and O–H groups in total. The zero-order valence-corrected chi connectivity index (χ0v) is 34.3. The largest absolute Gasteiger partial charge is 0.491 e. The minimum Gasteiger partial charge on any atom is -0.491 e. The lowest BCUT2D eigenvalue weighted by molar-refractivity contribution is -0.176. The Morgan fingerprint density at radius 1 is 0.508 bits per heavy atom. The standard InChI is InChI=1S/C41H61F3N2O13/c1-46(2)36-6-3-35(4-7-36)5-10-40-45-38-9-8-37(33-39(38)59-40)58-32-31-56-28-27-54-24-23-52-20-19-50-16-15-48-12-11-47-13-14-49-17-18-51-21-22-53-25-26-55-29-30-57-34-41(42,43)44/h3-10,33H,11-32,34H2,1-2H3/b10-5+. The third kappa shape index (κ3) is 26.4. The molecular formula is C41H61F3N2O13. The van der Waals surface area contributed by atoms with Crippen LogP contribution in [0.5, 0.6) is 5.75 Å². The molecule has 1 heterocycles. The second-order valence-corrected chi connectivity index (χ2v) is 12.6. The van der Waals surface area contributed by atoms with Crippen LogP contribution in [0, 0.1) is 0 Å². The fraction of sp³-hybridized carbons (Fsp3) is 0.634. The number of halogens is 3. The molecule has 2 aromatic carbocycles. The third-order valence-electron chi connectivity index (χ3n) is 7.69. The molecule has 0 saturated heterocycles. The van der Waals surface area contributed by atoms with Crippen molar-refractivity contribution in [2.75, 3.05) is 171 Å². The first kappa shape index (κ1) is 50.0. The molecule has 18 heteroatoms. The summed E-state index contributed by atoms with van der Waals surface area (Å²) in [6.07, 6.45) is -0.496. The van der Waals surface area contributed by atoms with Crippen molar-refractivity contribution in [2.45, 2.75) is 6.18 Å². The van der Waals surface area contributed by atoms with Gasteiger partial charge in [-0.25, -0.2) is 4.98 Å². The van der Waals surface area contributed by atoms with E-state index < -0.39 is 12.8 Å². The van der Waals surface area contributed by atoms with E-state index in [9.17, 15) is 13.2 Å². The SMILES string of the molecule is CN(C)c1ccc(/C=C/c2nc3ccc(OCCOCCOCCOCCOCCOCCOCCOCCOCCOCCOCCOCC(F)(F)F)cc3o2)cc1. The number of benzene rings is 2. The van der Waals surface area contributed by atoms with Gasteiger partial charge >= 0.3 is 6.18 Å². The predicted molar refractivity (Wildman–Crippen MR) is 214 cm³/mol. The van der Waals surface area contributed by atoms with Crippen molar-refractivity contribution >= 4 is 28.9 Å². The van der Waals surface area contributed by atoms with Crippen LogP contribution in [0.15, 0.2) is 46.9 Å². The van der Waals surface area contributed by atoms with Crippen molar-refractivity contribution < 1.29 is 74.4 Å². The van der Waals surface area contributed by atoms with Gasteiger partial charge in [0.15, 0.2) is 5.58 Å². The van der Waals surface area contributed by atoms with Crippen molar-refractivity contribution in [3.05, 3.63) is 53.9 Å². The first-order chi connectivity index (χ1) is 28.8. The number of nitrogens with zero attached hydrogens (tertiary/aromatic N) is 2. The molecule has 3 rings (SSSR count). The molecule has 0 radical (unpaired) electrons. The maximum absolute atomic E-state index is 11.9. The molecule has 0 atom stereocenters. The first-order valence-corrected chi connectivity index (χ1v) is 19.7. The summed E-state index contributed by atoms with van der Waals surface area (Å²) in [7, 11) is 4.03. The van der Waals surface area contributed by atoms with Crippen LogP contribution in [0.25, 0.3) is 23.3 Å². The third-order valence-corrected chi connectivity index (χ3v) is 7.69. The van der Waals surface area contributed by atoms with Crippen LogP contribution in [-0.4, -0.2) is 177 Å². The highest BCUT2D eigenvalue weighted by Gasteiger charge is 2.27. The topological polar surface area (TPSA) is 140 Å². The molecule has 334 valence electrons. The number of fused-ring (bicyclic) bond motifs is 1. The Morgan fingerprint density at radius 3 is 1.29 bits per heavy atom. The molecule has 0 aliphatic rings. The number of aromatic nitrogens is 1. The molecule has 0 bridgehead atoms. The lowest BCUT2D eigenvalue weighted by Gasteiger charge is -2.11. The van der Waals surface area contributed by atoms with E-state index in [1.807, 2.05) is 44.4 Å². The highest BCUT2D eigenvalue weighted by molar-refractivity contribution is 5.77. The van der Waals surface area contributed by atoms with E-state index in [4.69, 9.17) is 56.5 Å². The summed E-state index contributed by atoms with van der Waals surface area (Å²) in [6.45, 7) is 7.26. The minimum absolute atomic E-state index is 0.0779. The lowest BCUT2D eigenvalue weighted by atomic mass is 10.2. The first-order valence-electron chi connectivity index (χ1n) is 19.7. The van der Waals surface area contributed by atoms with E-state index in [0.717, 1.165) is 16.8 Å². The van der Waals surface area contributed by atoms with Gasteiger partial charge in [-0.3, -0.25) is 0 Å². The van der Waals surface area contributed by atoms with Gasteiger partial charge in [-0.2, -0.15) is 13.2 Å². The maximum Gasteiger partial charge on any atom is 0.411 e. The number of oxazole rings is 1. The second-order valence-electron chi connectivity index (χ2n) is 12.6. The van der Waals surface area contributed by atoms with Gasteiger partial charge in [0.25, 0.3) is 0 Å². The molecule has 0 amide bonds. The van der Waals surface area contributed by atoms with E-state index in [0.29, 0.717) is 143 Å². The Balaban J connectivity index is 0.979. The van der Waals surface area contributed by atoms with E-state index >= 15 is 0 Å². The number of ether oxygens (including phenoxy) is 12. The lowest BCUT2D eigenvalue weighted by Crippen LogP contribution is -2.19. The number of anilines is 1. The fourth-order valence-electron chi connectivity index (χ4n) is 4.74. The second kappa shape index (κ2) is 32.4. The highest BCUT2D eigenvalue weighted by Crippen LogP contribution is 2.23. The molecule has 0 fully saturated rings. The summed E-state index contributed by atoms with van der Waals surface area (Å²) in [4.78, 5) is 6.58. The Kier molecular flexibility index (Phi) is 27.4. The molecule has 0 unspecified atom stereocenters. The normalized spacial score (nSPS) is 12.0. The Hall–Kier alpha value is -3.40. The van der Waals surface area contributed by atoms with E-state index in [1.165, 1.54) is 0 Å². The Labute approximate surface area is 344 Å². The minimum atomic E-state index is -4.32. The number of hydrogen-bond donors (Lipinski definition) is 0. The van der Waals surface area contributed by atoms with E-state index in [-0.39, 0.29) is 19.8 Å². The molecule has 1 aromatic heterocycles. The highest BCUT2D eigenvalue weighted by atomic mass is 19.4. The van der Waals surface area contributed by atoms with Crippen LogP contribution in [0.3, 0.4) is 0 Å². The van der Waals surface area contributed by atoms with Crippen molar-refractivity contribution in [3.8, 4) is 5.75 Å². The Bertz CT molecular complexity index is 1480. The molecule has 15 nitrogen and oxygen atoms in total. The summed E-state index contributed by atoms with van der Waals surface area (Å²) in [5.41, 5.74) is 3.62. The summed E-state index contributed by atoms with van der Waals surface area (Å²) >= 11 is 0. The fourth-order valence-corrected chi connectivity index (χ4v) is 4.74. The van der Waals surface area contributed by atoms with Gasteiger partial charge in [-0.05, 0) is 35.9 Å². The van der Waals surface area contributed by atoms with Crippen molar-refractivity contribution in [2.24, 2.45) is 0 Å². The van der Waals surface area contributed by atoms with Crippen LogP contribution >= 0.6 is 0 Å². The van der Waals surface area contributed by atoms with Crippen molar-refractivity contribution in [1.82, 2.24) is 4.98 Å². The molecule has 0 aliphatic heterocycles. The molecule has 0 spiro atoms. The van der Waals surface area contributed by atoms with Crippen molar-refractivity contribution in [3.63, 3.8) is 0 Å². The zero-order chi connectivity index (χ0) is 42.1. The summed E-state index contributed by atoms with van der Waals surface area (Å²) in [5.74, 6) is 1.22. The number of hydrogen-bond acceptors (Lipinski definition) is 15. The monoisotopic (exact) mass is 846 g/mol. The number of rotatable bonds is 38. The van der Waals surface area contributed by atoms with Crippen molar-refractivity contribution in [1.29, 1.82) is 0 Å². The average molecular weight is 847 g/mol.